The number of rotatable bonds is 12. The highest BCUT2D eigenvalue weighted by Crippen LogP contribution is 2.43. The number of pyridine rings is 2. The zero-order chi connectivity index (χ0) is 35.3. The third kappa shape index (κ3) is 8.56. The fourth-order valence-electron chi connectivity index (χ4n) is 5.51. The Morgan fingerprint density at radius 1 is 0.531 bits per heavy atom. The third-order valence-corrected chi connectivity index (χ3v) is 8.64. The molecule has 262 valence electrons. The summed E-state index contributed by atoms with van der Waals surface area (Å²) in [6.07, 6.45) is 6.25. The largest absolute Gasteiger partial charge is 0.493 e. The van der Waals surface area contributed by atoms with Crippen LogP contribution in [0.2, 0.25) is 0 Å². The van der Waals surface area contributed by atoms with E-state index in [4.69, 9.17) is 37.3 Å². The third-order valence-electron chi connectivity index (χ3n) is 7.68. The zero-order valence-electron chi connectivity index (χ0n) is 28.0. The van der Waals surface area contributed by atoms with E-state index < -0.39 is 20.2 Å². The van der Waals surface area contributed by atoms with Gasteiger partial charge in [-0.15, -0.1) is 0 Å². The van der Waals surface area contributed by atoms with Gasteiger partial charge in [-0.2, -0.15) is 16.8 Å². The van der Waals surface area contributed by atoms with Gasteiger partial charge in [0.2, 0.25) is 11.5 Å². The van der Waals surface area contributed by atoms with Gasteiger partial charge in [0, 0.05) is 49.7 Å². The lowest BCUT2D eigenvalue weighted by Crippen LogP contribution is -2.31. The maximum atomic E-state index is 11.9. The van der Waals surface area contributed by atoms with Crippen molar-refractivity contribution in [1.82, 2.24) is 9.97 Å². The molecule has 0 spiro atoms. The second-order valence-corrected chi connectivity index (χ2v) is 14.3. The van der Waals surface area contributed by atoms with E-state index >= 15 is 0 Å². The van der Waals surface area contributed by atoms with Crippen molar-refractivity contribution in [3.8, 4) is 56.8 Å². The molecule has 0 radical (unpaired) electrons. The Hall–Kier alpha value is -4.96. The molecule has 2 aromatic heterocycles. The molecule has 1 aliphatic rings. The molecule has 16 heteroatoms. The lowest BCUT2D eigenvalue weighted by molar-refractivity contribution is 0.343. The second kappa shape index (κ2) is 14.7. The van der Waals surface area contributed by atoms with Crippen LogP contribution >= 0.6 is 0 Å². The Kier molecular flexibility index (Phi) is 10.6. The molecular formula is C33H38N4O10S2. The Balaban J connectivity index is 1.30. The van der Waals surface area contributed by atoms with Crippen LogP contribution in [0.3, 0.4) is 0 Å². The lowest BCUT2D eigenvalue weighted by atomic mass is 10.1. The van der Waals surface area contributed by atoms with Crippen LogP contribution in [0.1, 0.15) is 6.42 Å². The normalized spacial score (nSPS) is 13.8. The smallest absolute Gasteiger partial charge is 0.306 e. The minimum absolute atomic E-state index is 0.0205. The average molecular weight is 715 g/mol. The minimum Gasteiger partial charge on any atom is -0.493 e. The molecule has 3 heterocycles. The topological polar surface area (TPSA) is 156 Å². The van der Waals surface area contributed by atoms with E-state index in [-0.39, 0.29) is 23.0 Å². The van der Waals surface area contributed by atoms with Crippen molar-refractivity contribution >= 4 is 31.9 Å². The first-order valence-electron chi connectivity index (χ1n) is 15.1. The van der Waals surface area contributed by atoms with E-state index in [1.165, 1.54) is 28.4 Å². The highest BCUT2D eigenvalue weighted by atomic mass is 32.2. The van der Waals surface area contributed by atoms with Crippen LogP contribution in [-0.4, -0.2) is 93.9 Å². The van der Waals surface area contributed by atoms with Crippen molar-refractivity contribution in [3.63, 3.8) is 0 Å². The van der Waals surface area contributed by atoms with Crippen LogP contribution in [0, 0.1) is 0 Å². The van der Waals surface area contributed by atoms with Gasteiger partial charge in [0.1, 0.15) is 11.6 Å². The van der Waals surface area contributed by atoms with Gasteiger partial charge in [-0.05, 0) is 66.1 Å². The first kappa shape index (κ1) is 35.3. The Morgan fingerprint density at radius 3 is 1.22 bits per heavy atom. The molecule has 0 amide bonds. The van der Waals surface area contributed by atoms with Crippen molar-refractivity contribution in [1.29, 1.82) is 0 Å². The van der Waals surface area contributed by atoms with Gasteiger partial charge in [0.15, 0.2) is 23.0 Å². The van der Waals surface area contributed by atoms with Crippen molar-refractivity contribution < 1.29 is 44.1 Å². The molecule has 0 unspecified atom stereocenters. The number of hydrogen-bond acceptors (Lipinski definition) is 14. The molecule has 0 bridgehead atoms. The Labute approximate surface area is 286 Å². The van der Waals surface area contributed by atoms with E-state index in [1.807, 2.05) is 24.3 Å². The molecule has 0 atom stereocenters. The van der Waals surface area contributed by atoms with E-state index in [1.54, 1.807) is 36.7 Å². The van der Waals surface area contributed by atoms with E-state index in [2.05, 4.69) is 9.80 Å². The summed E-state index contributed by atoms with van der Waals surface area (Å²) in [5, 5.41) is 0. The fourth-order valence-corrected chi connectivity index (χ4v) is 6.41. The summed E-state index contributed by atoms with van der Waals surface area (Å²) in [5.41, 5.74) is 2.79. The molecule has 49 heavy (non-hydrogen) atoms. The highest BCUT2D eigenvalue weighted by molar-refractivity contribution is 7.86. The van der Waals surface area contributed by atoms with Gasteiger partial charge in [-0.3, -0.25) is 0 Å². The van der Waals surface area contributed by atoms with E-state index in [0.29, 0.717) is 35.7 Å². The maximum absolute atomic E-state index is 11.9. The van der Waals surface area contributed by atoms with Crippen molar-refractivity contribution in [3.05, 3.63) is 60.9 Å². The second-order valence-electron chi connectivity index (χ2n) is 11.1. The summed E-state index contributed by atoms with van der Waals surface area (Å²) in [4.78, 5) is 13.8. The van der Waals surface area contributed by atoms with E-state index in [9.17, 15) is 16.8 Å². The first-order valence-corrected chi connectivity index (χ1v) is 18.7. The number of nitrogens with zero attached hydrogens (tertiary/aromatic N) is 4. The number of methoxy groups -OCH3 is 4. The molecular weight excluding hydrogens is 677 g/mol. The van der Waals surface area contributed by atoms with Gasteiger partial charge in [-0.1, -0.05) is 0 Å². The quantitative estimate of drug-likeness (QED) is 0.192. The summed E-state index contributed by atoms with van der Waals surface area (Å²) >= 11 is 0. The van der Waals surface area contributed by atoms with Crippen molar-refractivity contribution in [2.24, 2.45) is 0 Å². The predicted molar refractivity (Wildman–Crippen MR) is 186 cm³/mol. The fraction of sp³-hybridized carbons (Fsp3) is 0.333. The zero-order valence-corrected chi connectivity index (χ0v) is 29.6. The summed E-state index contributed by atoms with van der Waals surface area (Å²) < 4.78 is 79.3. The molecule has 14 nitrogen and oxygen atoms in total. The van der Waals surface area contributed by atoms with Crippen LogP contribution in [0.25, 0.3) is 22.3 Å². The van der Waals surface area contributed by atoms with Crippen molar-refractivity contribution in [2.45, 2.75) is 6.42 Å². The molecule has 0 saturated carbocycles. The SMILES string of the molecule is COc1cc(-c2ccc(N3CCCN(c4ccc(-c5cc(OC)c(OC)c(OS(C)(=O)=O)c5)cn4)CC3)nc2)cc(OS(C)(=O)=O)c1OC. The van der Waals surface area contributed by atoms with Crippen LogP contribution in [0.5, 0.6) is 34.5 Å². The number of anilines is 2. The molecule has 1 fully saturated rings. The highest BCUT2D eigenvalue weighted by Gasteiger charge is 2.22. The average Bonchev–Trinajstić information content (AvgIpc) is 3.33. The Morgan fingerprint density at radius 2 is 0.918 bits per heavy atom. The predicted octanol–water partition coefficient (Wildman–Crippen LogP) is 4.24. The van der Waals surface area contributed by atoms with E-state index in [0.717, 1.165) is 54.8 Å². The molecule has 4 aromatic rings. The number of ether oxygens (including phenoxy) is 4. The molecule has 5 rings (SSSR count). The van der Waals surface area contributed by atoms with Crippen LogP contribution < -0.4 is 37.1 Å². The van der Waals surface area contributed by atoms with Gasteiger partial charge in [0.05, 0.1) is 41.0 Å². The number of hydrogen-bond donors (Lipinski definition) is 0. The first-order chi connectivity index (χ1) is 23.3. The van der Waals surface area contributed by atoms with Crippen LogP contribution in [-0.2, 0) is 20.2 Å². The standard InChI is InChI=1S/C33H38N4O10S2/c1-42-26-16-24(18-28(32(26)44-3)46-48(5,38)39)22-8-10-30(34-20-22)36-12-7-13-37(15-14-36)31-11-9-23(21-35-31)25-17-27(43-2)33(45-4)29(19-25)47-49(6,40)41/h8-11,16-21H,7,12-15H2,1-6H3. The molecule has 1 saturated heterocycles. The van der Waals surface area contributed by atoms with Gasteiger partial charge in [0.25, 0.3) is 0 Å². The summed E-state index contributed by atoms with van der Waals surface area (Å²) in [6.45, 7) is 3.00. The van der Waals surface area contributed by atoms with Gasteiger partial charge in [-0.25, -0.2) is 9.97 Å². The van der Waals surface area contributed by atoms with Gasteiger partial charge >= 0.3 is 20.2 Å². The lowest BCUT2D eigenvalue weighted by Gasteiger charge is -2.24. The number of benzene rings is 2. The molecule has 1 aliphatic heterocycles. The Bertz CT molecular complexity index is 1860. The number of aromatic nitrogens is 2. The van der Waals surface area contributed by atoms with Crippen LogP contribution in [0.4, 0.5) is 11.6 Å². The van der Waals surface area contributed by atoms with Gasteiger partial charge < -0.3 is 37.1 Å². The van der Waals surface area contributed by atoms with Crippen molar-refractivity contribution in [2.75, 3.05) is 76.9 Å². The monoisotopic (exact) mass is 714 g/mol. The summed E-state index contributed by atoms with van der Waals surface area (Å²) in [5.74, 6) is 2.66. The van der Waals surface area contributed by atoms with Crippen LogP contribution in [0.15, 0.2) is 60.9 Å². The summed E-state index contributed by atoms with van der Waals surface area (Å²) in [7, 11) is -1.87. The molecule has 0 aliphatic carbocycles. The maximum Gasteiger partial charge on any atom is 0.306 e. The molecule has 2 aromatic carbocycles. The summed E-state index contributed by atoms with van der Waals surface area (Å²) in [6, 6.07) is 14.3. The minimum atomic E-state index is -3.81. The molecule has 0 N–H and O–H groups in total.